The molecule has 0 bridgehead atoms. The minimum Gasteiger partial charge on any atom is -0.506 e. The summed E-state index contributed by atoms with van der Waals surface area (Å²) in [6.45, 7) is 2.56. The number of amides is 1. The van der Waals surface area contributed by atoms with Crippen molar-refractivity contribution in [2.75, 3.05) is 11.9 Å². The molecule has 1 amide bonds. The van der Waals surface area contributed by atoms with Crippen LogP contribution in [0.2, 0.25) is 10.0 Å². The number of hydrogen-bond acceptors (Lipinski definition) is 3. The second-order valence-corrected chi connectivity index (χ2v) is 5.41. The van der Waals surface area contributed by atoms with Crippen LogP contribution in [0.3, 0.4) is 0 Å². The topological polar surface area (TPSA) is 58.6 Å². The van der Waals surface area contributed by atoms with Crippen LogP contribution in [0.25, 0.3) is 0 Å². The number of aromatic hydroxyl groups is 1. The van der Waals surface area contributed by atoms with Crippen molar-refractivity contribution >= 4 is 34.8 Å². The minimum absolute atomic E-state index is 0.105. The lowest BCUT2D eigenvalue weighted by Gasteiger charge is -2.28. The van der Waals surface area contributed by atoms with Crippen LogP contribution >= 0.6 is 23.2 Å². The normalized spacial score (nSPS) is 23.1. The summed E-state index contributed by atoms with van der Waals surface area (Å²) in [5, 5.41) is 12.9. The number of rotatable bonds is 2. The summed E-state index contributed by atoms with van der Waals surface area (Å²) in [6, 6.07) is 2.74. The molecule has 0 aliphatic carbocycles. The SMILES string of the molecule is C[C@@H]1OCCC[C@H]1C(=O)Nc1cc(Cl)c(Cl)cc1O. The first-order valence-corrected chi connectivity index (χ1v) is 6.85. The van der Waals surface area contributed by atoms with Crippen molar-refractivity contribution < 1.29 is 14.6 Å². The van der Waals surface area contributed by atoms with E-state index in [1.165, 1.54) is 12.1 Å². The fourth-order valence-corrected chi connectivity index (χ4v) is 2.45. The third-order valence-electron chi connectivity index (χ3n) is 3.24. The summed E-state index contributed by atoms with van der Waals surface area (Å²) >= 11 is 11.6. The number of ether oxygens (including phenoxy) is 1. The quantitative estimate of drug-likeness (QED) is 0.823. The van der Waals surface area contributed by atoms with Crippen molar-refractivity contribution in [3.63, 3.8) is 0 Å². The number of phenolic OH excluding ortho intramolecular Hbond substituents is 1. The lowest BCUT2D eigenvalue weighted by molar-refractivity contribution is -0.127. The van der Waals surface area contributed by atoms with Crippen molar-refractivity contribution in [2.45, 2.75) is 25.9 Å². The standard InChI is InChI=1S/C13H15Cl2NO3/c1-7-8(3-2-4-19-7)13(18)16-11-5-9(14)10(15)6-12(11)17/h5-8,17H,2-4H2,1H3,(H,16,18)/t7-,8+/m0/s1. The molecule has 0 saturated carbocycles. The van der Waals surface area contributed by atoms with Crippen molar-refractivity contribution in [3.8, 4) is 5.75 Å². The number of halogens is 2. The summed E-state index contributed by atoms with van der Waals surface area (Å²) in [4.78, 5) is 12.1. The second kappa shape index (κ2) is 5.99. The lowest BCUT2D eigenvalue weighted by Crippen LogP contribution is -2.36. The van der Waals surface area contributed by atoms with Gasteiger partial charge in [-0.25, -0.2) is 0 Å². The molecule has 1 saturated heterocycles. The molecule has 6 heteroatoms. The highest BCUT2D eigenvalue weighted by Crippen LogP contribution is 2.34. The Morgan fingerprint density at radius 3 is 2.79 bits per heavy atom. The van der Waals surface area contributed by atoms with Gasteiger partial charge in [0.05, 0.1) is 27.8 Å². The van der Waals surface area contributed by atoms with Gasteiger partial charge >= 0.3 is 0 Å². The van der Waals surface area contributed by atoms with E-state index in [4.69, 9.17) is 27.9 Å². The molecule has 4 nitrogen and oxygen atoms in total. The molecular weight excluding hydrogens is 289 g/mol. The molecule has 104 valence electrons. The Kier molecular flexibility index (Phi) is 4.55. The Balaban J connectivity index is 2.12. The van der Waals surface area contributed by atoms with Crippen LogP contribution in [0.4, 0.5) is 5.69 Å². The first kappa shape index (κ1) is 14.4. The molecule has 1 aromatic rings. The predicted molar refractivity (Wildman–Crippen MR) is 74.9 cm³/mol. The fraction of sp³-hybridized carbons (Fsp3) is 0.462. The molecule has 0 unspecified atom stereocenters. The van der Waals surface area contributed by atoms with E-state index in [2.05, 4.69) is 5.32 Å². The first-order chi connectivity index (χ1) is 8.99. The summed E-state index contributed by atoms with van der Waals surface area (Å²) < 4.78 is 5.45. The number of benzene rings is 1. The predicted octanol–water partition coefficient (Wildman–Crippen LogP) is 3.45. The number of phenols is 1. The average molecular weight is 304 g/mol. The largest absolute Gasteiger partial charge is 0.506 e. The van der Waals surface area contributed by atoms with Crippen molar-refractivity contribution in [1.82, 2.24) is 0 Å². The third-order valence-corrected chi connectivity index (χ3v) is 3.96. The zero-order valence-corrected chi connectivity index (χ0v) is 12.0. The molecule has 1 aliphatic heterocycles. The molecule has 1 fully saturated rings. The van der Waals surface area contributed by atoms with E-state index in [9.17, 15) is 9.90 Å². The maximum atomic E-state index is 12.1. The fourth-order valence-electron chi connectivity index (χ4n) is 2.13. The Labute approximate surface area is 121 Å². The lowest BCUT2D eigenvalue weighted by atomic mass is 9.94. The number of nitrogens with one attached hydrogen (secondary N) is 1. The second-order valence-electron chi connectivity index (χ2n) is 4.60. The van der Waals surface area contributed by atoms with Crippen LogP contribution in [-0.2, 0) is 9.53 Å². The summed E-state index contributed by atoms with van der Waals surface area (Å²) in [7, 11) is 0. The smallest absolute Gasteiger partial charge is 0.230 e. The van der Waals surface area contributed by atoms with Crippen molar-refractivity contribution in [3.05, 3.63) is 22.2 Å². The first-order valence-electron chi connectivity index (χ1n) is 6.09. The molecule has 2 rings (SSSR count). The van der Waals surface area contributed by atoms with Gasteiger partial charge in [-0.15, -0.1) is 0 Å². The van der Waals surface area contributed by atoms with Crippen LogP contribution < -0.4 is 5.32 Å². The highest BCUT2D eigenvalue weighted by molar-refractivity contribution is 6.42. The molecule has 0 radical (unpaired) electrons. The summed E-state index contributed by atoms with van der Waals surface area (Å²) in [5.41, 5.74) is 0.261. The molecule has 2 N–H and O–H groups in total. The Bertz CT molecular complexity index is 493. The van der Waals surface area contributed by atoms with E-state index in [0.717, 1.165) is 12.8 Å². The molecule has 2 atom stereocenters. The monoisotopic (exact) mass is 303 g/mol. The maximum absolute atomic E-state index is 12.1. The van der Waals surface area contributed by atoms with Crippen LogP contribution in [-0.4, -0.2) is 23.7 Å². The molecule has 1 aliphatic rings. The van der Waals surface area contributed by atoms with Gasteiger partial charge in [-0.2, -0.15) is 0 Å². The summed E-state index contributed by atoms with van der Waals surface area (Å²) in [5.74, 6) is -0.504. The highest BCUT2D eigenvalue weighted by Gasteiger charge is 2.29. The van der Waals surface area contributed by atoms with Crippen LogP contribution in [0, 0.1) is 5.92 Å². The van der Waals surface area contributed by atoms with Crippen molar-refractivity contribution in [2.24, 2.45) is 5.92 Å². The van der Waals surface area contributed by atoms with Crippen LogP contribution in [0.1, 0.15) is 19.8 Å². The number of anilines is 1. The number of carbonyl (C=O) groups excluding carboxylic acids is 1. The van der Waals surface area contributed by atoms with Gasteiger partial charge in [0.25, 0.3) is 0 Å². The minimum atomic E-state index is -0.220. The van der Waals surface area contributed by atoms with Crippen LogP contribution in [0.5, 0.6) is 5.75 Å². The Morgan fingerprint density at radius 1 is 1.42 bits per heavy atom. The van der Waals surface area contributed by atoms with Gasteiger partial charge in [0, 0.05) is 12.7 Å². The van der Waals surface area contributed by atoms with Gasteiger partial charge in [0.1, 0.15) is 5.75 Å². The third kappa shape index (κ3) is 3.32. The molecule has 19 heavy (non-hydrogen) atoms. The van der Waals surface area contributed by atoms with Gasteiger partial charge in [-0.1, -0.05) is 23.2 Å². The summed E-state index contributed by atoms with van der Waals surface area (Å²) in [6.07, 6.45) is 1.50. The van der Waals surface area contributed by atoms with E-state index in [-0.39, 0.29) is 39.4 Å². The molecule has 1 heterocycles. The molecular formula is C13H15Cl2NO3. The van der Waals surface area contributed by atoms with E-state index >= 15 is 0 Å². The van der Waals surface area contributed by atoms with Gasteiger partial charge < -0.3 is 15.2 Å². The van der Waals surface area contributed by atoms with Gasteiger partial charge in [0.2, 0.25) is 5.91 Å². The van der Waals surface area contributed by atoms with E-state index < -0.39 is 0 Å². The average Bonchev–Trinajstić information content (AvgIpc) is 2.36. The molecule has 0 spiro atoms. The van der Waals surface area contributed by atoms with E-state index in [1.807, 2.05) is 6.92 Å². The van der Waals surface area contributed by atoms with Gasteiger partial charge in [-0.3, -0.25) is 4.79 Å². The molecule has 0 aromatic heterocycles. The van der Waals surface area contributed by atoms with Crippen molar-refractivity contribution in [1.29, 1.82) is 0 Å². The van der Waals surface area contributed by atoms with E-state index in [0.29, 0.717) is 6.61 Å². The maximum Gasteiger partial charge on any atom is 0.230 e. The van der Waals surface area contributed by atoms with Gasteiger partial charge in [-0.05, 0) is 25.8 Å². The van der Waals surface area contributed by atoms with Gasteiger partial charge in [0.15, 0.2) is 0 Å². The van der Waals surface area contributed by atoms with Crippen LogP contribution in [0.15, 0.2) is 12.1 Å². The number of carbonyl (C=O) groups is 1. The Hall–Kier alpha value is -0.970. The Morgan fingerprint density at radius 2 is 2.11 bits per heavy atom. The molecule has 1 aromatic carbocycles. The zero-order valence-electron chi connectivity index (χ0n) is 10.5. The zero-order chi connectivity index (χ0) is 14.0. The number of hydrogen-bond donors (Lipinski definition) is 2. The van der Waals surface area contributed by atoms with E-state index in [1.54, 1.807) is 0 Å². The highest BCUT2D eigenvalue weighted by atomic mass is 35.5.